The Morgan fingerprint density at radius 2 is 2.04 bits per heavy atom. The molecule has 5 heteroatoms. The van der Waals surface area contributed by atoms with E-state index >= 15 is 0 Å². The summed E-state index contributed by atoms with van der Waals surface area (Å²) in [5.41, 5.74) is 6.01. The van der Waals surface area contributed by atoms with Gasteiger partial charge < -0.3 is 4.42 Å². The third kappa shape index (κ3) is 2.05. The summed E-state index contributed by atoms with van der Waals surface area (Å²) in [5.74, 6) is 1.68. The minimum absolute atomic E-state index is 0.0598. The van der Waals surface area contributed by atoms with Crippen LogP contribution in [0.2, 0.25) is 0 Å². The van der Waals surface area contributed by atoms with Crippen molar-refractivity contribution in [3.8, 4) is 0 Å². The highest BCUT2D eigenvalue weighted by Gasteiger charge is 2.30. The highest BCUT2D eigenvalue weighted by Crippen LogP contribution is 2.34. The van der Waals surface area contributed by atoms with Crippen molar-refractivity contribution in [1.82, 2.24) is 14.4 Å². The summed E-state index contributed by atoms with van der Waals surface area (Å²) < 4.78 is 7.61. The molecule has 5 rings (SSSR count). The Bertz CT molecular complexity index is 1140. The van der Waals surface area contributed by atoms with Crippen LogP contribution in [0.25, 0.3) is 16.8 Å². The SMILES string of the molecule is Cc1cc2nc3ncc4c(n3c2cc1C)CC(c1ccco1)CC4=O. The van der Waals surface area contributed by atoms with Gasteiger partial charge in [-0.3, -0.25) is 9.20 Å². The number of imidazole rings is 1. The molecule has 0 radical (unpaired) electrons. The minimum atomic E-state index is 0.0598. The number of carbonyl (C=O) groups is 1. The maximum Gasteiger partial charge on any atom is 0.235 e. The molecule has 1 aromatic carbocycles. The number of aromatic nitrogens is 3. The second-order valence-corrected chi connectivity index (χ2v) is 6.83. The first kappa shape index (κ1) is 14.4. The van der Waals surface area contributed by atoms with E-state index in [-0.39, 0.29) is 11.7 Å². The third-order valence-corrected chi connectivity index (χ3v) is 5.26. The van der Waals surface area contributed by atoms with Crippen LogP contribution < -0.4 is 0 Å². The van der Waals surface area contributed by atoms with Gasteiger partial charge in [-0.15, -0.1) is 0 Å². The first-order chi connectivity index (χ1) is 12.1. The second kappa shape index (κ2) is 5.02. The molecule has 1 unspecified atom stereocenters. The van der Waals surface area contributed by atoms with Crippen molar-refractivity contribution in [1.29, 1.82) is 0 Å². The van der Waals surface area contributed by atoms with E-state index in [4.69, 9.17) is 4.42 Å². The fraction of sp³-hybridized carbons (Fsp3) is 0.250. The van der Waals surface area contributed by atoms with E-state index in [0.717, 1.165) is 28.9 Å². The number of hydrogen-bond donors (Lipinski definition) is 0. The number of aryl methyl sites for hydroxylation is 2. The molecule has 0 N–H and O–H groups in total. The van der Waals surface area contributed by atoms with Crippen molar-refractivity contribution in [3.05, 3.63) is 64.9 Å². The van der Waals surface area contributed by atoms with E-state index in [0.29, 0.717) is 17.8 Å². The molecule has 1 aliphatic carbocycles. The van der Waals surface area contributed by atoms with Crippen LogP contribution in [0.4, 0.5) is 0 Å². The Balaban J connectivity index is 1.79. The van der Waals surface area contributed by atoms with Crippen LogP contribution in [0, 0.1) is 13.8 Å². The molecular weight excluding hydrogens is 314 g/mol. The molecule has 4 aromatic rings. The molecule has 3 heterocycles. The molecule has 0 fully saturated rings. The molecule has 0 amide bonds. The summed E-state index contributed by atoms with van der Waals surface area (Å²) in [5, 5.41) is 0. The maximum absolute atomic E-state index is 12.7. The van der Waals surface area contributed by atoms with Gasteiger partial charge in [0.05, 0.1) is 22.9 Å². The first-order valence-electron chi connectivity index (χ1n) is 8.45. The molecule has 3 aromatic heterocycles. The lowest BCUT2D eigenvalue weighted by molar-refractivity contribution is 0.0958. The summed E-state index contributed by atoms with van der Waals surface area (Å²) in [6, 6.07) is 8.03. The van der Waals surface area contributed by atoms with Crippen LogP contribution in [0.1, 0.15) is 45.3 Å². The topological polar surface area (TPSA) is 60.4 Å². The van der Waals surface area contributed by atoms with Gasteiger partial charge in [-0.25, -0.2) is 9.97 Å². The molecule has 5 nitrogen and oxygen atoms in total. The van der Waals surface area contributed by atoms with E-state index in [1.54, 1.807) is 12.5 Å². The summed E-state index contributed by atoms with van der Waals surface area (Å²) in [7, 11) is 0. The van der Waals surface area contributed by atoms with Gasteiger partial charge in [0.15, 0.2) is 5.78 Å². The predicted octanol–water partition coefficient (Wildman–Crippen LogP) is 4.01. The van der Waals surface area contributed by atoms with E-state index in [1.165, 1.54) is 11.1 Å². The molecule has 0 aliphatic heterocycles. The lowest BCUT2D eigenvalue weighted by atomic mass is 9.85. The van der Waals surface area contributed by atoms with Crippen LogP contribution in [0.3, 0.4) is 0 Å². The van der Waals surface area contributed by atoms with Gasteiger partial charge in [-0.1, -0.05) is 0 Å². The zero-order valence-corrected chi connectivity index (χ0v) is 14.1. The monoisotopic (exact) mass is 331 g/mol. The van der Waals surface area contributed by atoms with Crippen LogP contribution in [-0.4, -0.2) is 20.2 Å². The van der Waals surface area contributed by atoms with Crippen LogP contribution in [-0.2, 0) is 6.42 Å². The fourth-order valence-electron chi connectivity index (χ4n) is 3.79. The average Bonchev–Trinajstić information content (AvgIpc) is 3.23. The molecule has 124 valence electrons. The highest BCUT2D eigenvalue weighted by molar-refractivity contribution is 5.99. The maximum atomic E-state index is 12.7. The smallest absolute Gasteiger partial charge is 0.235 e. The molecule has 0 bridgehead atoms. The Morgan fingerprint density at radius 1 is 1.20 bits per heavy atom. The van der Waals surface area contributed by atoms with Crippen LogP contribution in [0.5, 0.6) is 0 Å². The Kier molecular flexibility index (Phi) is 2.89. The lowest BCUT2D eigenvalue weighted by Gasteiger charge is -2.22. The van der Waals surface area contributed by atoms with E-state index in [2.05, 4.69) is 35.9 Å². The minimum Gasteiger partial charge on any atom is -0.469 e. The number of Topliss-reactive ketones (excluding diaryl/α,β-unsaturated/α-hetero) is 1. The van der Waals surface area contributed by atoms with Crippen LogP contribution in [0.15, 0.2) is 41.1 Å². The van der Waals surface area contributed by atoms with Crippen molar-refractivity contribution in [3.63, 3.8) is 0 Å². The van der Waals surface area contributed by atoms with Gasteiger partial charge >= 0.3 is 0 Å². The summed E-state index contributed by atoms with van der Waals surface area (Å²) in [6.45, 7) is 4.17. The first-order valence-corrected chi connectivity index (χ1v) is 8.45. The van der Waals surface area contributed by atoms with Crippen LogP contribution >= 0.6 is 0 Å². The average molecular weight is 331 g/mol. The second-order valence-electron chi connectivity index (χ2n) is 6.83. The molecule has 0 saturated heterocycles. The number of rotatable bonds is 1. The Morgan fingerprint density at radius 3 is 2.84 bits per heavy atom. The zero-order valence-electron chi connectivity index (χ0n) is 14.1. The molecule has 1 aliphatic rings. The molecular formula is C20H17N3O2. The molecule has 25 heavy (non-hydrogen) atoms. The van der Waals surface area contributed by atoms with Crippen molar-refractivity contribution in [2.45, 2.75) is 32.6 Å². The fourth-order valence-corrected chi connectivity index (χ4v) is 3.79. The van der Waals surface area contributed by atoms with Gasteiger partial charge in [-0.05, 0) is 55.7 Å². The predicted molar refractivity (Wildman–Crippen MR) is 94.1 cm³/mol. The van der Waals surface area contributed by atoms with Gasteiger partial charge in [0.1, 0.15) is 5.76 Å². The van der Waals surface area contributed by atoms with Crippen molar-refractivity contribution in [2.75, 3.05) is 0 Å². The van der Waals surface area contributed by atoms with Crippen molar-refractivity contribution < 1.29 is 9.21 Å². The normalized spacial score (nSPS) is 17.4. The van der Waals surface area contributed by atoms with Gasteiger partial charge in [0.2, 0.25) is 5.78 Å². The summed E-state index contributed by atoms with van der Waals surface area (Å²) >= 11 is 0. The van der Waals surface area contributed by atoms with Gasteiger partial charge in [0, 0.05) is 24.2 Å². The van der Waals surface area contributed by atoms with Gasteiger partial charge in [-0.2, -0.15) is 0 Å². The standard InChI is InChI=1S/C20H17N3O2/c1-11-6-15-17(7-12(11)2)23-16-8-13(19-4-3-5-25-19)9-18(24)14(16)10-21-20(23)22-15/h3-7,10,13H,8-9H2,1-2H3. The Hall–Kier alpha value is -2.95. The molecule has 1 atom stereocenters. The van der Waals surface area contributed by atoms with Crippen molar-refractivity contribution >= 4 is 22.6 Å². The molecule has 0 spiro atoms. The number of hydrogen-bond acceptors (Lipinski definition) is 4. The number of nitrogens with zero attached hydrogens (tertiary/aromatic N) is 3. The largest absolute Gasteiger partial charge is 0.469 e. The zero-order chi connectivity index (χ0) is 17.1. The number of fused-ring (bicyclic) bond motifs is 5. The lowest BCUT2D eigenvalue weighted by Crippen LogP contribution is -2.21. The number of benzene rings is 1. The van der Waals surface area contributed by atoms with E-state index < -0.39 is 0 Å². The quantitative estimate of drug-likeness (QED) is 0.529. The van der Waals surface area contributed by atoms with Gasteiger partial charge in [0.25, 0.3) is 0 Å². The highest BCUT2D eigenvalue weighted by atomic mass is 16.3. The molecule has 0 saturated carbocycles. The summed E-state index contributed by atoms with van der Waals surface area (Å²) in [6.07, 6.45) is 4.54. The van der Waals surface area contributed by atoms with Crippen molar-refractivity contribution in [2.24, 2.45) is 0 Å². The number of ketones is 1. The third-order valence-electron chi connectivity index (χ3n) is 5.26. The number of carbonyl (C=O) groups excluding carboxylic acids is 1. The number of furan rings is 1. The van der Waals surface area contributed by atoms with E-state index in [1.807, 2.05) is 16.5 Å². The van der Waals surface area contributed by atoms with E-state index in [9.17, 15) is 4.79 Å². The Labute approximate surface area is 144 Å². The summed E-state index contributed by atoms with van der Waals surface area (Å²) in [4.78, 5) is 21.8.